The Morgan fingerprint density at radius 1 is 0.614 bits per heavy atom. The molecular formula is C50H52N6O14. The Kier molecular flexibility index (Phi) is 17.2. The number of nitrogens with zero attached hydrogens (tertiary/aromatic N) is 2. The largest absolute Gasteiger partial charge is 0.481 e. The number of hydrazine groups is 1. The number of carboxylic acid groups (broad SMARTS) is 3. The predicted molar refractivity (Wildman–Crippen MR) is 250 cm³/mol. The first-order valence-corrected chi connectivity index (χ1v) is 22.2. The van der Waals surface area contributed by atoms with Crippen LogP contribution in [0.25, 0.3) is 21.5 Å². The monoisotopic (exact) mass is 960 g/mol. The molecule has 0 aliphatic carbocycles. The SMILES string of the molecule is CC(C)C(NC(=O)C(CCC(=O)O)NC(=O)C(CC(=O)O)NC(=O)OCc1ccccc1)C(=O)NN(CC(=O)O)C(=O)C1OC1C(=O)N(Cc1ccc2ccccc2c1)Cc1cccc2ccccc12. The summed E-state index contributed by atoms with van der Waals surface area (Å²) in [5.41, 5.74) is 4.41. The van der Waals surface area contributed by atoms with Gasteiger partial charge in [0.05, 0.1) is 6.42 Å². The van der Waals surface area contributed by atoms with Crippen LogP contribution in [0.3, 0.4) is 0 Å². The zero-order valence-electron chi connectivity index (χ0n) is 38.1. The van der Waals surface area contributed by atoms with Crippen molar-refractivity contribution < 1.29 is 67.9 Å². The molecule has 0 radical (unpaired) electrons. The number of alkyl carbamates (subject to hydrolysis) is 1. The van der Waals surface area contributed by atoms with E-state index in [0.717, 1.165) is 32.7 Å². The van der Waals surface area contributed by atoms with Crippen molar-refractivity contribution in [2.24, 2.45) is 5.92 Å². The number of nitrogens with one attached hydrogen (secondary N) is 4. The van der Waals surface area contributed by atoms with E-state index in [-0.39, 0.29) is 19.7 Å². The van der Waals surface area contributed by atoms with Crippen molar-refractivity contribution >= 4 is 75.1 Å². The van der Waals surface area contributed by atoms with E-state index in [1.54, 1.807) is 30.3 Å². The summed E-state index contributed by atoms with van der Waals surface area (Å²) in [6.07, 6.45) is -6.25. The molecule has 20 nitrogen and oxygen atoms in total. The van der Waals surface area contributed by atoms with E-state index in [4.69, 9.17) is 9.47 Å². The Balaban J connectivity index is 1.15. The Hall–Kier alpha value is -8.39. The molecule has 7 N–H and O–H groups in total. The second-order valence-corrected chi connectivity index (χ2v) is 16.9. The van der Waals surface area contributed by atoms with E-state index in [9.17, 15) is 58.5 Å². The van der Waals surface area contributed by atoms with E-state index < -0.39 is 116 Å². The summed E-state index contributed by atoms with van der Waals surface area (Å²) in [7, 11) is 0. The Morgan fingerprint density at radius 2 is 1.26 bits per heavy atom. The normalized spacial score (nSPS) is 15.1. The third-order valence-corrected chi connectivity index (χ3v) is 11.2. The van der Waals surface area contributed by atoms with Gasteiger partial charge in [-0.2, -0.15) is 0 Å². The first-order chi connectivity index (χ1) is 33.5. The van der Waals surface area contributed by atoms with Gasteiger partial charge in [0, 0.05) is 19.5 Å². The molecule has 0 bridgehead atoms. The third kappa shape index (κ3) is 14.1. The van der Waals surface area contributed by atoms with Crippen molar-refractivity contribution in [2.45, 2.75) is 83.1 Å². The molecule has 366 valence electrons. The highest BCUT2D eigenvalue weighted by Gasteiger charge is 2.54. The molecule has 20 heteroatoms. The number of ether oxygens (including phenoxy) is 2. The predicted octanol–water partition coefficient (Wildman–Crippen LogP) is 3.49. The Labute approximate surface area is 400 Å². The number of hydrogen-bond donors (Lipinski definition) is 7. The second-order valence-electron chi connectivity index (χ2n) is 16.9. The van der Waals surface area contributed by atoms with Crippen molar-refractivity contribution in [1.82, 2.24) is 31.3 Å². The summed E-state index contributed by atoms with van der Waals surface area (Å²) in [5.74, 6) is -10.3. The number of rotatable bonds is 22. The number of aliphatic carboxylic acids is 3. The number of epoxide rings is 1. The fourth-order valence-corrected chi connectivity index (χ4v) is 7.63. The average molecular weight is 961 g/mol. The molecular weight excluding hydrogens is 909 g/mol. The first kappa shape index (κ1) is 51.0. The zero-order chi connectivity index (χ0) is 50.5. The molecule has 5 atom stereocenters. The minimum absolute atomic E-state index is 0.116. The van der Waals surface area contributed by atoms with Gasteiger partial charge >= 0.3 is 24.0 Å². The number of benzene rings is 5. The molecule has 5 aromatic rings. The summed E-state index contributed by atoms with van der Waals surface area (Å²) < 4.78 is 10.7. The van der Waals surface area contributed by atoms with Crippen LogP contribution in [-0.2, 0) is 67.5 Å². The molecule has 0 aromatic heterocycles. The number of amides is 6. The second kappa shape index (κ2) is 23.6. The van der Waals surface area contributed by atoms with Crippen molar-refractivity contribution in [3.05, 3.63) is 132 Å². The highest BCUT2D eigenvalue weighted by atomic mass is 16.6. The summed E-state index contributed by atoms with van der Waals surface area (Å²) >= 11 is 0. The van der Waals surface area contributed by atoms with Crippen molar-refractivity contribution in [3.8, 4) is 0 Å². The van der Waals surface area contributed by atoms with Crippen molar-refractivity contribution in [2.75, 3.05) is 6.54 Å². The van der Waals surface area contributed by atoms with Crippen LogP contribution in [0.1, 0.15) is 49.8 Å². The van der Waals surface area contributed by atoms with Gasteiger partial charge in [0.15, 0.2) is 12.2 Å². The number of carboxylic acids is 3. The number of carbonyl (C=O) groups excluding carboxylic acids is 6. The highest BCUT2D eigenvalue weighted by molar-refractivity contribution is 5.99. The lowest BCUT2D eigenvalue weighted by atomic mass is 10.0. The van der Waals surface area contributed by atoms with E-state index in [1.807, 2.05) is 84.9 Å². The van der Waals surface area contributed by atoms with E-state index in [1.165, 1.54) is 18.7 Å². The Morgan fingerprint density at radius 3 is 1.94 bits per heavy atom. The van der Waals surface area contributed by atoms with Crippen LogP contribution < -0.4 is 21.4 Å². The van der Waals surface area contributed by atoms with Crippen LogP contribution in [0, 0.1) is 5.92 Å². The summed E-state index contributed by atoms with van der Waals surface area (Å²) in [6.45, 7) is 1.90. The Bertz CT molecular complexity index is 2760. The zero-order valence-corrected chi connectivity index (χ0v) is 38.1. The maximum absolute atomic E-state index is 14.3. The van der Waals surface area contributed by atoms with Crippen LogP contribution >= 0.6 is 0 Å². The molecule has 1 aliphatic rings. The van der Waals surface area contributed by atoms with Gasteiger partial charge in [-0.25, -0.2) is 9.80 Å². The molecule has 1 fully saturated rings. The lowest BCUT2D eigenvalue weighted by Crippen LogP contribution is -2.60. The van der Waals surface area contributed by atoms with Crippen LogP contribution in [-0.4, -0.2) is 116 Å². The quantitative estimate of drug-likeness (QED) is 0.0386. The molecule has 1 saturated heterocycles. The maximum Gasteiger partial charge on any atom is 0.408 e. The van der Waals surface area contributed by atoms with Crippen LogP contribution in [0.5, 0.6) is 0 Å². The van der Waals surface area contributed by atoms with Gasteiger partial charge < -0.3 is 45.6 Å². The number of hydrogen-bond acceptors (Lipinski definition) is 11. The number of fused-ring (bicyclic) bond motifs is 2. The molecule has 70 heavy (non-hydrogen) atoms. The van der Waals surface area contributed by atoms with Crippen LogP contribution in [0.4, 0.5) is 4.79 Å². The molecule has 6 rings (SSSR count). The van der Waals surface area contributed by atoms with Gasteiger partial charge in [0.25, 0.3) is 17.7 Å². The van der Waals surface area contributed by atoms with Gasteiger partial charge in [-0.05, 0) is 56.6 Å². The summed E-state index contributed by atoms with van der Waals surface area (Å²) in [6, 6.07) is 30.2. The summed E-state index contributed by atoms with van der Waals surface area (Å²) in [4.78, 5) is 119. The summed E-state index contributed by atoms with van der Waals surface area (Å²) in [5, 5.41) is 39.7. The standard InChI is InChI=1S/C50H52N6O14/c1-29(2)42(53-45(63)37(21-22-39(57)58)51-46(64)38(24-40(59)60)52-50(68)69-28-30-11-4-3-5-12-30)47(65)54-56(27-41(61)62)49(67)44-43(70-44)48(66)55(25-31-19-20-32-13-6-7-15-34(32)23-31)26-35-17-10-16-33-14-8-9-18-36(33)35/h3-20,23,29,37-38,42-44H,21-22,24-28H2,1-2H3,(H,51,64)(H,52,68)(H,53,63)(H,54,65)(H,57,58)(H,59,60)(H,61,62). The maximum atomic E-state index is 14.3. The van der Waals surface area contributed by atoms with Crippen LogP contribution in [0.2, 0.25) is 0 Å². The molecule has 6 amide bonds. The van der Waals surface area contributed by atoms with Crippen molar-refractivity contribution in [3.63, 3.8) is 0 Å². The molecule has 1 aliphatic heterocycles. The number of carbonyl (C=O) groups is 9. The van der Waals surface area contributed by atoms with Crippen molar-refractivity contribution in [1.29, 1.82) is 0 Å². The molecule has 1 heterocycles. The third-order valence-electron chi connectivity index (χ3n) is 11.2. The fraction of sp³-hybridized carbons (Fsp3) is 0.300. The van der Waals surface area contributed by atoms with Gasteiger partial charge in [0.1, 0.15) is 31.3 Å². The van der Waals surface area contributed by atoms with Gasteiger partial charge in [-0.3, -0.25) is 43.8 Å². The van der Waals surface area contributed by atoms with E-state index in [2.05, 4.69) is 21.4 Å². The topological polar surface area (TPSA) is 291 Å². The average Bonchev–Trinajstić information content (AvgIpc) is 4.14. The molecule has 5 unspecified atom stereocenters. The fourth-order valence-electron chi connectivity index (χ4n) is 7.63. The first-order valence-electron chi connectivity index (χ1n) is 22.2. The van der Waals surface area contributed by atoms with Gasteiger partial charge in [-0.15, -0.1) is 0 Å². The van der Waals surface area contributed by atoms with Crippen LogP contribution in [0.15, 0.2) is 115 Å². The lowest BCUT2D eigenvalue weighted by Gasteiger charge is -2.28. The molecule has 0 saturated carbocycles. The van der Waals surface area contributed by atoms with E-state index >= 15 is 0 Å². The lowest BCUT2D eigenvalue weighted by molar-refractivity contribution is -0.151. The van der Waals surface area contributed by atoms with E-state index in [0.29, 0.717) is 10.6 Å². The highest BCUT2D eigenvalue weighted by Crippen LogP contribution is 2.30. The molecule has 0 spiro atoms. The van der Waals surface area contributed by atoms with Gasteiger partial charge in [0.2, 0.25) is 11.8 Å². The minimum atomic E-state index is -1.80. The molecule has 5 aromatic carbocycles. The van der Waals surface area contributed by atoms with Gasteiger partial charge in [-0.1, -0.05) is 123 Å². The smallest absolute Gasteiger partial charge is 0.408 e. The minimum Gasteiger partial charge on any atom is -0.481 e.